The van der Waals surface area contributed by atoms with E-state index in [9.17, 15) is 19.2 Å². The van der Waals surface area contributed by atoms with Gasteiger partial charge in [-0.25, -0.2) is 9.59 Å². The van der Waals surface area contributed by atoms with Crippen molar-refractivity contribution in [3.8, 4) is 0 Å². The van der Waals surface area contributed by atoms with Gasteiger partial charge in [-0.2, -0.15) is 0 Å². The van der Waals surface area contributed by atoms with Crippen molar-refractivity contribution in [3.63, 3.8) is 0 Å². The second kappa shape index (κ2) is 16.1. The first-order valence-electron chi connectivity index (χ1n) is 17.3. The Hall–Kier alpha value is -5.36. The number of hydrogen-bond acceptors (Lipinski definition) is 9. The van der Waals surface area contributed by atoms with Crippen molar-refractivity contribution in [1.29, 1.82) is 0 Å². The number of ether oxygens (including phenoxy) is 2. The maximum Gasteiger partial charge on any atom is 0.337 e. The van der Waals surface area contributed by atoms with Crippen molar-refractivity contribution in [2.75, 3.05) is 13.2 Å². The number of nitrogens with two attached hydrogens (primary N) is 1. The van der Waals surface area contributed by atoms with E-state index in [1.54, 1.807) is 19.2 Å². The lowest BCUT2D eigenvalue weighted by Gasteiger charge is -2.27. The first-order chi connectivity index (χ1) is 25.6. The Morgan fingerprint density at radius 2 is 1.06 bits per heavy atom. The van der Waals surface area contributed by atoms with Crippen LogP contribution in [0.4, 0.5) is 0 Å². The second-order valence-corrected chi connectivity index (χ2v) is 14.8. The van der Waals surface area contributed by atoms with Gasteiger partial charge in [-0.15, -0.1) is 22.7 Å². The lowest BCUT2D eigenvalue weighted by atomic mass is 9.95. The minimum absolute atomic E-state index is 0.233. The van der Waals surface area contributed by atoms with Crippen LogP contribution in [0, 0.1) is 0 Å². The van der Waals surface area contributed by atoms with Crippen LogP contribution in [0.25, 0.3) is 20.2 Å². The summed E-state index contributed by atoms with van der Waals surface area (Å²) in [6.07, 6.45) is 2.08. The van der Waals surface area contributed by atoms with E-state index in [2.05, 4.69) is 5.32 Å². The van der Waals surface area contributed by atoms with Crippen LogP contribution in [-0.2, 0) is 44.7 Å². The van der Waals surface area contributed by atoms with Crippen LogP contribution in [-0.4, -0.2) is 53.2 Å². The molecular weight excluding hydrogens is 709 g/mol. The second-order valence-electron chi connectivity index (χ2n) is 13.0. The molecule has 2 aliphatic carbocycles. The summed E-state index contributed by atoms with van der Waals surface area (Å²) in [5, 5.41) is 17.0. The number of rotatable bonds is 7. The summed E-state index contributed by atoms with van der Waals surface area (Å²) in [6.45, 7) is 4.24. The van der Waals surface area contributed by atoms with E-state index in [0.717, 1.165) is 42.4 Å². The fourth-order valence-corrected chi connectivity index (χ4v) is 8.69. The molecule has 0 atom stereocenters. The molecule has 11 heteroatoms. The number of amides is 1. The smallest absolute Gasteiger partial charge is 0.337 e. The van der Waals surface area contributed by atoms with E-state index < -0.39 is 17.0 Å². The molecule has 0 aliphatic heterocycles. The van der Waals surface area contributed by atoms with Crippen LogP contribution in [0.5, 0.6) is 0 Å². The van der Waals surface area contributed by atoms with Crippen LogP contribution in [0.15, 0.2) is 108 Å². The topological polar surface area (TPSA) is 145 Å². The highest BCUT2D eigenvalue weighted by Gasteiger charge is 2.46. The maximum absolute atomic E-state index is 13.0. The van der Waals surface area contributed by atoms with E-state index in [4.69, 9.17) is 20.3 Å². The van der Waals surface area contributed by atoms with Crippen molar-refractivity contribution in [2.45, 2.75) is 50.6 Å². The minimum Gasteiger partial charge on any atom is -0.478 e. The highest BCUT2D eigenvalue weighted by molar-refractivity contribution is 7.17. The minimum atomic E-state index is -1.04. The fraction of sp³-hybridized carbons (Fsp3) is 0.238. The number of thiophene rings is 2. The third kappa shape index (κ3) is 8.02. The van der Waals surface area contributed by atoms with E-state index in [1.165, 1.54) is 22.7 Å². The lowest BCUT2D eigenvalue weighted by molar-refractivity contribution is -0.150. The molecule has 0 unspecified atom stereocenters. The van der Waals surface area contributed by atoms with E-state index in [1.807, 2.05) is 102 Å². The third-order valence-electron chi connectivity index (χ3n) is 9.37. The van der Waals surface area contributed by atoms with Crippen molar-refractivity contribution < 1.29 is 33.8 Å². The van der Waals surface area contributed by atoms with Crippen LogP contribution in [0.2, 0.25) is 0 Å². The molecule has 272 valence electrons. The zero-order chi connectivity index (χ0) is 37.6. The zero-order valence-corrected chi connectivity index (χ0v) is 31.1. The summed E-state index contributed by atoms with van der Waals surface area (Å²) in [5.41, 5.74) is 9.66. The molecule has 9 nitrogen and oxygen atoms in total. The summed E-state index contributed by atoms with van der Waals surface area (Å²) in [4.78, 5) is 48.2. The molecule has 0 radical (unpaired) electrons. The summed E-state index contributed by atoms with van der Waals surface area (Å²) >= 11 is 2.99. The summed E-state index contributed by atoms with van der Waals surface area (Å²) < 4.78 is 12.4. The first-order valence-corrected chi connectivity index (χ1v) is 19.1. The molecule has 1 amide bonds. The number of carboxylic acid groups (broad SMARTS) is 1. The van der Waals surface area contributed by atoms with Gasteiger partial charge in [-0.1, -0.05) is 84.9 Å². The number of aromatic carboxylic acids is 1. The molecule has 0 saturated heterocycles. The van der Waals surface area contributed by atoms with Crippen molar-refractivity contribution >= 4 is 66.7 Å². The van der Waals surface area contributed by atoms with Gasteiger partial charge in [0.1, 0.15) is 11.1 Å². The number of fused-ring (bicyclic) bond motifs is 4. The molecule has 4 N–H and O–H groups in total. The molecule has 0 saturated carbocycles. The lowest BCUT2D eigenvalue weighted by Crippen LogP contribution is -2.56. The first kappa shape index (κ1) is 37.4. The molecule has 2 heterocycles. The van der Waals surface area contributed by atoms with E-state index in [-0.39, 0.29) is 24.5 Å². The van der Waals surface area contributed by atoms with Crippen LogP contribution in [0.3, 0.4) is 0 Å². The highest BCUT2D eigenvalue weighted by Crippen LogP contribution is 2.33. The molecule has 0 bridgehead atoms. The van der Waals surface area contributed by atoms with E-state index in [0.29, 0.717) is 43.4 Å². The number of benzene rings is 4. The Morgan fingerprint density at radius 1 is 0.642 bits per heavy atom. The standard InChI is InChI=1S/C21H19NO3S.C12H15NO2.C9H6O2S/c1-2-25-20(24)21(11-14-7-3-4-8-15(14)12-21)22-19(23)17-13-26-18-10-6-5-9-16(17)18;1-2-15-11(14)12(13)7-9-5-3-4-6-10(9)8-12;10-9(11)7-5-12-8-4-2-1-3-6(7)8/h3-10,13H,2,11-12H2,1H3,(H,22,23);3-6H,2,7-8,13H2,1H3;1-5H,(H,10,11). The van der Waals surface area contributed by atoms with Crippen LogP contribution < -0.4 is 11.1 Å². The largest absolute Gasteiger partial charge is 0.478 e. The molecule has 0 spiro atoms. The molecule has 8 rings (SSSR count). The third-order valence-corrected chi connectivity index (χ3v) is 11.3. The zero-order valence-electron chi connectivity index (χ0n) is 29.4. The predicted molar refractivity (Wildman–Crippen MR) is 209 cm³/mol. The van der Waals surface area contributed by atoms with Crippen molar-refractivity contribution in [2.24, 2.45) is 5.73 Å². The Balaban J connectivity index is 0.000000150. The molecule has 53 heavy (non-hydrogen) atoms. The Kier molecular flexibility index (Phi) is 11.4. The van der Waals surface area contributed by atoms with Gasteiger partial charge in [0.25, 0.3) is 5.91 Å². The number of carbonyl (C=O) groups is 4. The number of nitrogens with one attached hydrogen (secondary N) is 1. The number of esters is 2. The monoisotopic (exact) mass is 748 g/mol. The average molecular weight is 749 g/mol. The van der Waals surface area contributed by atoms with Gasteiger partial charge in [0, 0.05) is 56.6 Å². The molecule has 6 aromatic rings. The van der Waals surface area contributed by atoms with Crippen molar-refractivity contribution in [1.82, 2.24) is 5.32 Å². The van der Waals surface area contributed by atoms with Gasteiger partial charge in [-0.05, 0) is 48.2 Å². The Labute approximate surface area is 315 Å². The Bertz CT molecular complexity index is 2240. The summed E-state index contributed by atoms with van der Waals surface area (Å²) in [5.74, 6) is -1.75. The van der Waals surface area contributed by atoms with Crippen LogP contribution >= 0.6 is 22.7 Å². The predicted octanol–water partition coefficient (Wildman–Crippen LogP) is 7.38. The van der Waals surface area contributed by atoms with Gasteiger partial charge in [-0.3, -0.25) is 9.59 Å². The molecular formula is C42H40N2O7S2. The van der Waals surface area contributed by atoms with Crippen LogP contribution in [0.1, 0.15) is 56.8 Å². The van der Waals surface area contributed by atoms with Crippen molar-refractivity contribution in [3.05, 3.63) is 141 Å². The SMILES string of the molecule is CCOC(=O)C1(N)Cc2ccccc2C1.CCOC(=O)C1(NC(=O)c2csc3ccccc23)Cc2ccccc2C1.O=C(O)c1csc2ccccc12. The normalized spacial score (nSPS) is 14.5. The number of carbonyl (C=O) groups excluding carboxylic acids is 3. The summed E-state index contributed by atoms with van der Waals surface area (Å²) in [6, 6.07) is 31.2. The maximum atomic E-state index is 13.0. The van der Waals surface area contributed by atoms with Gasteiger partial charge < -0.3 is 25.6 Å². The van der Waals surface area contributed by atoms with Gasteiger partial charge >= 0.3 is 17.9 Å². The number of hydrogen-bond donors (Lipinski definition) is 3. The number of carboxylic acids is 1. The van der Waals surface area contributed by atoms with E-state index >= 15 is 0 Å². The molecule has 0 fully saturated rings. The Morgan fingerprint density at radius 3 is 1.55 bits per heavy atom. The van der Waals surface area contributed by atoms with Gasteiger partial charge in [0.15, 0.2) is 0 Å². The molecule has 2 aliphatic rings. The average Bonchev–Trinajstić information content (AvgIpc) is 3.95. The highest BCUT2D eigenvalue weighted by atomic mass is 32.1. The quantitative estimate of drug-likeness (QED) is 0.144. The van der Waals surface area contributed by atoms with Gasteiger partial charge in [0.05, 0.1) is 24.3 Å². The fourth-order valence-electron chi connectivity index (χ4n) is 6.81. The molecule has 2 aromatic heterocycles. The molecule has 4 aromatic carbocycles. The summed E-state index contributed by atoms with van der Waals surface area (Å²) in [7, 11) is 0. The van der Waals surface area contributed by atoms with Gasteiger partial charge in [0.2, 0.25) is 0 Å².